The van der Waals surface area contributed by atoms with E-state index in [1.807, 2.05) is 29.2 Å². The summed E-state index contributed by atoms with van der Waals surface area (Å²) in [7, 11) is 0. The van der Waals surface area contributed by atoms with Crippen molar-refractivity contribution in [1.29, 1.82) is 0 Å². The number of hydrogen-bond acceptors (Lipinski definition) is 4. The van der Waals surface area contributed by atoms with E-state index in [-0.39, 0.29) is 11.5 Å². The highest BCUT2D eigenvalue weighted by Gasteiger charge is 2.20. The number of benzene rings is 1. The van der Waals surface area contributed by atoms with Crippen LogP contribution in [-0.2, 0) is 0 Å². The zero-order valence-electron chi connectivity index (χ0n) is 14.4. The lowest BCUT2D eigenvalue weighted by Gasteiger charge is -2.09. The molecule has 0 radical (unpaired) electrons. The number of nitrogens with one attached hydrogen (secondary N) is 1. The Kier molecular flexibility index (Phi) is 3.03. The molecule has 0 amide bonds. The zero-order valence-corrected chi connectivity index (χ0v) is 14.4. The lowest BCUT2D eigenvalue weighted by molar-refractivity contribution is 0.547. The first-order chi connectivity index (χ1) is 12.6. The molecule has 6 nitrogen and oxygen atoms in total. The van der Waals surface area contributed by atoms with Crippen LogP contribution in [0.25, 0.3) is 44.2 Å². The van der Waals surface area contributed by atoms with Gasteiger partial charge in [-0.05, 0) is 32.0 Å². The lowest BCUT2D eigenvalue weighted by atomic mass is 10.0. The molecule has 1 aromatic carbocycles. The molecule has 4 aromatic heterocycles. The monoisotopic (exact) mass is 344 g/mol. The van der Waals surface area contributed by atoms with Gasteiger partial charge in [0.05, 0.1) is 0 Å². The molecule has 0 bridgehead atoms. The van der Waals surface area contributed by atoms with Crippen molar-refractivity contribution in [3.63, 3.8) is 0 Å². The van der Waals surface area contributed by atoms with E-state index in [4.69, 9.17) is 9.40 Å². The number of aromatic nitrogens is 4. The molecule has 0 saturated heterocycles. The number of furan rings is 1. The van der Waals surface area contributed by atoms with Crippen LogP contribution >= 0.6 is 0 Å². The van der Waals surface area contributed by atoms with E-state index in [9.17, 15) is 4.79 Å². The summed E-state index contributed by atoms with van der Waals surface area (Å²) >= 11 is 0. The third-order valence-electron chi connectivity index (χ3n) is 4.63. The standard InChI is InChI=1S/C20H16N4O2/c1-11(2)24-20-15(10-22-24)17(12-4-3-7-21-9-12)19-18(23-20)14-6-5-13(25)8-16(14)26-19/h3-11,22H,1-2H3. The Morgan fingerprint density at radius 3 is 2.85 bits per heavy atom. The molecule has 128 valence electrons. The summed E-state index contributed by atoms with van der Waals surface area (Å²) in [6.45, 7) is 4.20. The predicted octanol–water partition coefficient (Wildman–Crippen LogP) is 4.27. The van der Waals surface area contributed by atoms with Crippen LogP contribution in [0.1, 0.15) is 19.9 Å². The second-order valence-corrected chi connectivity index (χ2v) is 6.64. The molecule has 5 rings (SSSR count). The van der Waals surface area contributed by atoms with Crippen LogP contribution in [0.5, 0.6) is 0 Å². The number of aromatic amines is 1. The van der Waals surface area contributed by atoms with Gasteiger partial charge in [-0.25, -0.2) is 4.98 Å². The fourth-order valence-corrected chi connectivity index (χ4v) is 3.45. The van der Waals surface area contributed by atoms with E-state index < -0.39 is 0 Å². The lowest BCUT2D eigenvalue weighted by Crippen LogP contribution is -2.03. The molecule has 0 aliphatic carbocycles. The Morgan fingerprint density at radius 1 is 1.19 bits per heavy atom. The first kappa shape index (κ1) is 14.9. The van der Waals surface area contributed by atoms with Crippen molar-refractivity contribution < 1.29 is 4.42 Å². The van der Waals surface area contributed by atoms with Crippen LogP contribution in [-0.4, -0.2) is 19.7 Å². The van der Waals surface area contributed by atoms with Gasteiger partial charge in [-0.1, -0.05) is 6.07 Å². The molecule has 0 unspecified atom stereocenters. The first-order valence-corrected chi connectivity index (χ1v) is 8.50. The van der Waals surface area contributed by atoms with Gasteiger partial charge in [0.15, 0.2) is 16.7 Å². The summed E-state index contributed by atoms with van der Waals surface area (Å²) in [5.74, 6) is 0. The Morgan fingerprint density at radius 2 is 2.08 bits per heavy atom. The minimum Gasteiger partial charge on any atom is -0.454 e. The van der Waals surface area contributed by atoms with Crippen LogP contribution in [0.4, 0.5) is 0 Å². The van der Waals surface area contributed by atoms with Gasteiger partial charge in [0.25, 0.3) is 0 Å². The maximum absolute atomic E-state index is 11.7. The average molecular weight is 344 g/mol. The SMILES string of the molecule is CC(C)n1[nH]cc2c(-c3cccnc3)c3oc4cc(=O)ccc4c3nc21. The topological polar surface area (TPSA) is 76.7 Å². The van der Waals surface area contributed by atoms with Gasteiger partial charge in [-0.2, -0.15) is 0 Å². The van der Waals surface area contributed by atoms with Crippen molar-refractivity contribution in [2.24, 2.45) is 0 Å². The van der Waals surface area contributed by atoms with Gasteiger partial charge in [-0.15, -0.1) is 0 Å². The molecule has 0 saturated carbocycles. The predicted molar refractivity (Wildman–Crippen MR) is 101 cm³/mol. The van der Waals surface area contributed by atoms with E-state index in [1.165, 1.54) is 6.07 Å². The fraction of sp³-hybridized carbons (Fsp3) is 0.150. The second-order valence-electron chi connectivity index (χ2n) is 6.64. The van der Waals surface area contributed by atoms with Crippen molar-refractivity contribution in [1.82, 2.24) is 19.7 Å². The van der Waals surface area contributed by atoms with Gasteiger partial charge < -0.3 is 9.52 Å². The molecule has 0 aliphatic heterocycles. The van der Waals surface area contributed by atoms with Crippen molar-refractivity contribution in [2.75, 3.05) is 0 Å². The van der Waals surface area contributed by atoms with E-state index in [0.29, 0.717) is 11.2 Å². The highest BCUT2D eigenvalue weighted by atomic mass is 16.3. The minimum atomic E-state index is -0.0796. The van der Waals surface area contributed by atoms with E-state index in [2.05, 4.69) is 23.9 Å². The maximum Gasteiger partial charge on any atom is 0.182 e. The van der Waals surface area contributed by atoms with Crippen molar-refractivity contribution in [3.05, 3.63) is 59.1 Å². The van der Waals surface area contributed by atoms with Gasteiger partial charge in [-0.3, -0.25) is 14.5 Å². The number of hydrogen-bond donors (Lipinski definition) is 1. The minimum absolute atomic E-state index is 0.0796. The maximum atomic E-state index is 11.7. The average Bonchev–Trinajstić information content (AvgIpc) is 3.21. The van der Waals surface area contributed by atoms with Crippen LogP contribution in [0, 0.1) is 0 Å². The van der Waals surface area contributed by atoms with E-state index >= 15 is 0 Å². The quantitative estimate of drug-likeness (QED) is 0.519. The third-order valence-corrected chi connectivity index (χ3v) is 4.63. The summed E-state index contributed by atoms with van der Waals surface area (Å²) in [4.78, 5) is 20.9. The summed E-state index contributed by atoms with van der Waals surface area (Å²) in [6.07, 6.45) is 5.50. The normalized spacial score (nSPS) is 12.0. The molecular weight excluding hydrogens is 328 g/mol. The Bertz CT molecular complexity index is 1330. The molecule has 5 aromatic rings. The number of fused-ring (bicyclic) bond motifs is 4. The van der Waals surface area contributed by atoms with Crippen molar-refractivity contribution >= 4 is 33.1 Å². The molecule has 0 atom stereocenters. The van der Waals surface area contributed by atoms with Gasteiger partial charge in [0, 0.05) is 52.6 Å². The Labute approximate surface area is 148 Å². The molecule has 26 heavy (non-hydrogen) atoms. The van der Waals surface area contributed by atoms with E-state index in [0.717, 1.165) is 33.1 Å². The van der Waals surface area contributed by atoms with Crippen LogP contribution < -0.4 is 5.43 Å². The fourth-order valence-electron chi connectivity index (χ4n) is 3.45. The smallest absolute Gasteiger partial charge is 0.182 e. The van der Waals surface area contributed by atoms with Gasteiger partial charge >= 0.3 is 0 Å². The van der Waals surface area contributed by atoms with Crippen LogP contribution in [0.2, 0.25) is 0 Å². The highest BCUT2D eigenvalue weighted by Crippen LogP contribution is 2.39. The number of nitrogens with zero attached hydrogens (tertiary/aromatic N) is 3. The molecule has 0 fully saturated rings. The largest absolute Gasteiger partial charge is 0.454 e. The third kappa shape index (κ3) is 2.02. The molecule has 0 aliphatic rings. The summed E-state index contributed by atoms with van der Waals surface area (Å²) < 4.78 is 8.11. The number of pyridine rings is 2. The molecule has 0 spiro atoms. The van der Waals surface area contributed by atoms with Gasteiger partial charge in [0.2, 0.25) is 0 Å². The highest BCUT2D eigenvalue weighted by molar-refractivity contribution is 6.14. The van der Waals surface area contributed by atoms with Crippen LogP contribution in [0.15, 0.2) is 58.1 Å². The summed E-state index contributed by atoms with van der Waals surface area (Å²) in [5.41, 5.74) is 4.61. The summed E-state index contributed by atoms with van der Waals surface area (Å²) in [5, 5.41) is 5.08. The molecule has 1 N–H and O–H groups in total. The Hall–Kier alpha value is -3.41. The Balaban J connectivity index is 2.03. The molecular formula is C20H16N4O2. The second kappa shape index (κ2) is 5.29. The van der Waals surface area contributed by atoms with E-state index in [1.54, 1.807) is 18.3 Å². The van der Waals surface area contributed by atoms with Crippen molar-refractivity contribution in [3.8, 4) is 11.1 Å². The zero-order chi connectivity index (χ0) is 17.8. The van der Waals surface area contributed by atoms with Crippen molar-refractivity contribution in [2.45, 2.75) is 19.9 Å². The summed E-state index contributed by atoms with van der Waals surface area (Å²) in [6, 6.07) is 8.96. The van der Waals surface area contributed by atoms with Crippen LogP contribution in [0.3, 0.4) is 0 Å². The van der Waals surface area contributed by atoms with Gasteiger partial charge in [0.1, 0.15) is 11.1 Å². The molecule has 4 heterocycles. The number of rotatable bonds is 2. The molecule has 6 heteroatoms. The first-order valence-electron chi connectivity index (χ1n) is 8.50. The number of H-pyrrole nitrogens is 1.